The van der Waals surface area contributed by atoms with Crippen molar-refractivity contribution in [2.45, 2.75) is 139 Å². The van der Waals surface area contributed by atoms with E-state index in [0.717, 1.165) is 24.3 Å². The van der Waals surface area contributed by atoms with Crippen LogP contribution in [0.25, 0.3) is 11.1 Å². The normalized spacial score (nSPS) is 25.9. The second-order valence-electron chi connectivity index (χ2n) is 24.0. The second-order valence-corrected chi connectivity index (χ2v) is 24.0. The van der Waals surface area contributed by atoms with E-state index in [-0.39, 0.29) is 120 Å². The molecule has 16 N–H and O–H groups in total. The second kappa shape index (κ2) is 29.4. The van der Waals surface area contributed by atoms with Gasteiger partial charge in [-0.1, -0.05) is 45.0 Å². The summed E-state index contributed by atoms with van der Waals surface area (Å²) in [5.41, 5.74) is 5.23. The van der Waals surface area contributed by atoms with Gasteiger partial charge in [-0.15, -0.1) is 0 Å². The zero-order valence-corrected chi connectivity index (χ0v) is 57.1. The number of nitrogens with two attached hydrogens (primary N) is 1. The molecule has 29 heteroatoms. The minimum absolute atomic E-state index is 0. The first kappa shape index (κ1) is 71.2. The van der Waals surface area contributed by atoms with E-state index in [0.29, 0.717) is 17.5 Å². The monoisotopic (exact) mass is 1360 g/mol. The van der Waals surface area contributed by atoms with Crippen LogP contribution in [-0.2, 0) is 43.1 Å². The number of carbonyl (C=O) groups excluding carboxylic acids is 8. The molecule has 7 amide bonds. The van der Waals surface area contributed by atoms with Crippen molar-refractivity contribution in [3.8, 4) is 57.1 Å². The van der Waals surface area contributed by atoms with Gasteiger partial charge in [0, 0.05) is 22.6 Å². The van der Waals surface area contributed by atoms with E-state index in [1.165, 1.54) is 49.4 Å². The fraction of sp³-hybridized carbons (Fsp3) is 0.406. The third-order valence-corrected chi connectivity index (χ3v) is 16.8. The van der Waals surface area contributed by atoms with Crippen molar-refractivity contribution >= 4 is 47.6 Å². The standard InChI is InChI=1S/C64H73N8O20.Rb/c1-25(2)15-38(72(7)8)59(84)71-51-53(79)32-11-14-42(27(4)17-32)90-44-20-33-19-43(57(44)92-64-56(82)55(81)54(80)45(24-74)91-64)89-41-13-10-30(16-26(41)3)28(5)48-60(85)67-37(23-73)34-21-40(76)29(6)52(78)47(34)35-18-31(9-12-39(35)75)49(61(86)68-48)70-62(87)50(33)69-58(83)36(22-46(65)77)66-63(51)88;/h9-14,16-21,25,28,36-38,45,48-51,53-56,64,74-76,78-82H,15,22,24H2,1-8H3,(H2,65,77)(H,66,88)(H,67,85)(H,68,86)(H,69,83)(H,70,87)(H,71,84);/q-1;+1/t28-,36+,37+,38-,45-,48+,49-,50-,51-,53-,54-,55+,56-,64+;/m1./s1. The number of primary amides is 1. The molecule has 6 aliphatic heterocycles. The maximum Gasteiger partial charge on any atom is 1.00 e. The number of hydrogen-bond donors (Lipinski definition) is 15. The van der Waals surface area contributed by atoms with Crippen LogP contribution in [0, 0.1) is 26.7 Å². The summed E-state index contributed by atoms with van der Waals surface area (Å²) in [7, 11) is 3.27. The van der Waals surface area contributed by atoms with Gasteiger partial charge in [0.15, 0.2) is 11.5 Å². The molecule has 11 rings (SSSR count). The number of rotatable bonds is 11. The van der Waals surface area contributed by atoms with Gasteiger partial charge in [-0.25, -0.2) is 6.29 Å². The van der Waals surface area contributed by atoms with Crippen LogP contribution in [0.4, 0.5) is 0 Å². The Morgan fingerprint density at radius 2 is 1.29 bits per heavy atom. The van der Waals surface area contributed by atoms with Crippen LogP contribution in [-0.4, -0.2) is 169 Å². The summed E-state index contributed by atoms with van der Waals surface area (Å²) in [6.45, 7) is 8.88. The van der Waals surface area contributed by atoms with Gasteiger partial charge < -0.3 is 102 Å². The number of phenols is 3. The first-order valence-corrected chi connectivity index (χ1v) is 29.4. The van der Waals surface area contributed by atoms with Gasteiger partial charge in [-0.2, -0.15) is 0 Å². The van der Waals surface area contributed by atoms with Crippen LogP contribution in [0.3, 0.4) is 0 Å². The summed E-state index contributed by atoms with van der Waals surface area (Å²) in [5.74, 6) is -12.0. The number of carbonyl (C=O) groups is 7. The van der Waals surface area contributed by atoms with Crippen molar-refractivity contribution in [2.75, 3.05) is 20.7 Å². The summed E-state index contributed by atoms with van der Waals surface area (Å²) in [4.78, 5) is 118. The smallest absolute Gasteiger partial charge is 0.540 e. The number of hydrogen-bond acceptors (Lipinski definition) is 21. The van der Waals surface area contributed by atoms with Crippen molar-refractivity contribution in [1.82, 2.24) is 36.8 Å². The molecule has 5 aromatic rings. The number of aryl methyl sites for hydroxylation is 2. The predicted molar refractivity (Wildman–Crippen MR) is 323 cm³/mol. The number of likely N-dealkylation sites (N-methyl/N-ethyl adjacent to an activating group) is 1. The quantitative estimate of drug-likeness (QED) is 0.0632. The molecule has 0 saturated carbocycles. The van der Waals surface area contributed by atoms with Crippen molar-refractivity contribution in [3.63, 3.8) is 0 Å². The van der Waals surface area contributed by atoms with E-state index in [1.54, 1.807) is 52.1 Å². The summed E-state index contributed by atoms with van der Waals surface area (Å²) in [5, 5.41) is 106. The average Bonchev–Trinajstić information content (AvgIpc) is 0.781. The maximum atomic E-state index is 15.9. The third kappa shape index (κ3) is 15.0. The molecule has 0 aliphatic carbocycles. The number of aromatic hydroxyl groups is 3. The number of benzene rings is 5. The number of aliphatic hydroxyl groups excluding tert-OH is 5. The zero-order chi connectivity index (χ0) is 67.1. The molecule has 93 heavy (non-hydrogen) atoms. The summed E-state index contributed by atoms with van der Waals surface area (Å²) >= 11 is 0. The van der Waals surface area contributed by atoms with Gasteiger partial charge in [-0.05, 0) is 141 Å². The Hall–Kier alpha value is -7.61. The van der Waals surface area contributed by atoms with Gasteiger partial charge in [0.2, 0.25) is 53.4 Å². The molecule has 6 heterocycles. The average molecular weight is 1360 g/mol. The first-order valence-electron chi connectivity index (χ1n) is 29.4. The van der Waals surface area contributed by atoms with Crippen molar-refractivity contribution in [2.24, 2.45) is 11.7 Å². The van der Waals surface area contributed by atoms with E-state index < -0.39 is 174 Å². The largest absolute Gasteiger partial charge is 1.00 e. The fourth-order valence-electron chi connectivity index (χ4n) is 11.5. The molecule has 11 bridgehead atoms. The molecule has 0 aromatic heterocycles. The van der Waals surface area contributed by atoms with Gasteiger partial charge in [0.25, 0.3) is 0 Å². The molecule has 0 spiro atoms. The molecule has 6 aliphatic rings. The molecular weight excluding hydrogens is 1290 g/mol. The number of aliphatic hydroxyl groups is 5. The SMILES string of the molecule is Cc1cc2ccc1Oc1cc3cc(c1O[C@@H]1O[C@H](CO)[C@@H](O)[C@H](O)[C@H]1O)Oc1ccc(cc1C)[C@@H](O)[C@@H](NC(=O)[C@@H](CC(C)C)N(C)C)C(=O)N[C@@H](CC(N)=O)C(=O)N[C@H]3C(=O)N[C@H]1C(=O)N[C@H](C(=O)N[C@@H]([C-]=O)c3cc(O)c(C)c(O)c3-c3cc1ccc3O)[C@@H]2C.[Rb+]. The van der Waals surface area contributed by atoms with Crippen molar-refractivity contribution in [1.29, 1.82) is 0 Å². The maximum absolute atomic E-state index is 15.9. The number of nitrogens with zero attached hydrogens (tertiary/aromatic N) is 1. The van der Waals surface area contributed by atoms with Crippen LogP contribution in [0.2, 0.25) is 0 Å². The van der Waals surface area contributed by atoms with Gasteiger partial charge >= 0.3 is 58.2 Å². The topological polar surface area (TPSA) is 437 Å². The number of nitrogens with one attached hydrogen (secondary N) is 6. The van der Waals surface area contributed by atoms with E-state index >= 15 is 14.4 Å². The number of fused-ring (bicyclic) bond motifs is 15. The molecular formula is C64H73N8O20Rb. The van der Waals surface area contributed by atoms with Crippen molar-refractivity contribution in [3.05, 3.63) is 117 Å². The first-order chi connectivity index (χ1) is 43.5. The molecule has 0 radical (unpaired) electrons. The zero-order valence-electron chi connectivity index (χ0n) is 52.2. The van der Waals surface area contributed by atoms with Crippen LogP contribution < -0.4 is 110 Å². The van der Waals surface area contributed by atoms with Crippen LogP contribution in [0.15, 0.2) is 72.8 Å². The van der Waals surface area contributed by atoms with Crippen molar-refractivity contribution < 1.29 is 156 Å². The molecule has 1 fully saturated rings. The Morgan fingerprint density at radius 1 is 0.699 bits per heavy atom. The van der Waals surface area contributed by atoms with Crippen LogP contribution >= 0.6 is 0 Å². The predicted octanol–water partition coefficient (Wildman–Crippen LogP) is -2.07. The Bertz CT molecular complexity index is 3760. The van der Waals surface area contributed by atoms with Gasteiger partial charge in [0.05, 0.1) is 19.1 Å². The summed E-state index contributed by atoms with van der Waals surface area (Å²) in [6.07, 6.45) is -10.3. The summed E-state index contributed by atoms with van der Waals surface area (Å²) in [6, 6.07) is 3.18. The van der Waals surface area contributed by atoms with Crippen LogP contribution in [0.1, 0.15) is 108 Å². The molecule has 5 aromatic carbocycles. The number of amides is 7. The Labute approximate surface area is 582 Å². The summed E-state index contributed by atoms with van der Waals surface area (Å²) < 4.78 is 25.6. The van der Waals surface area contributed by atoms with E-state index in [9.17, 15) is 64.8 Å². The molecule has 490 valence electrons. The number of ether oxygens (including phenoxy) is 4. The Kier molecular flexibility index (Phi) is 22.5. The third-order valence-electron chi connectivity index (χ3n) is 16.8. The molecule has 14 atom stereocenters. The minimum atomic E-state index is -2.17. The van der Waals surface area contributed by atoms with E-state index in [1.807, 2.05) is 13.8 Å². The molecule has 28 nitrogen and oxygen atoms in total. The van der Waals surface area contributed by atoms with Gasteiger partial charge in [0.1, 0.15) is 89.5 Å². The Balaban J connectivity index is 0.0000111. The van der Waals surface area contributed by atoms with Gasteiger partial charge in [-0.3, -0.25) is 38.5 Å². The minimum Gasteiger partial charge on any atom is -0.540 e. The molecule has 1 saturated heterocycles. The van der Waals surface area contributed by atoms with E-state index in [2.05, 4.69) is 31.9 Å². The van der Waals surface area contributed by atoms with Crippen LogP contribution in [0.5, 0.6) is 46.0 Å². The fourth-order valence-corrected chi connectivity index (χ4v) is 11.5. The number of phenolic OH excluding ortho intramolecular Hbond substituents is 3. The van der Waals surface area contributed by atoms with E-state index in [4.69, 9.17) is 24.7 Å². The Morgan fingerprint density at radius 3 is 1.88 bits per heavy atom. The molecule has 0 unspecified atom stereocenters.